The van der Waals surface area contributed by atoms with Gasteiger partial charge in [0.25, 0.3) is 0 Å². The molecule has 0 spiro atoms. The lowest BCUT2D eigenvalue weighted by Gasteiger charge is -1.97. The average molecular weight is 236 g/mol. The molecule has 2 heterocycles. The number of hydrogen-bond donors (Lipinski definition) is 1. The number of pyridine rings is 1. The maximum absolute atomic E-state index is 13.7. The van der Waals surface area contributed by atoms with E-state index in [0.29, 0.717) is 5.52 Å². The minimum absolute atomic E-state index is 0.217. The molecule has 18 heavy (non-hydrogen) atoms. The first kappa shape index (κ1) is 9.59. The number of rotatable bonds is 0. The predicted octanol–water partition coefficient (Wildman–Crippen LogP) is 4.01. The third kappa shape index (κ3) is 1.19. The zero-order valence-electron chi connectivity index (χ0n) is 9.44. The first-order valence-corrected chi connectivity index (χ1v) is 5.76. The molecule has 0 aliphatic heterocycles. The highest BCUT2D eigenvalue weighted by Gasteiger charge is 2.08. The van der Waals surface area contributed by atoms with Gasteiger partial charge >= 0.3 is 0 Å². The van der Waals surface area contributed by atoms with Crippen LogP contribution in [0.3, 0.4) is 0 Å². The van der Waals surface area contributed by atoms with Crippen molar-refractivity contribution in [1.29, 1.82) is 0 Å². The minimum atomic E-state index is -0.217. The topological polar surface area (TPSA) is 28.7 Å². The molecule has 0 fully saturated rings. The Kier molecular flexibility index (Phi) is 1.75. The van der Waals surface area contributed by atoms with Crippen LogP contribution in [0, 0.1) is 5.82 Å². The standard InChI is InChI=1S/C15H9FN2/c16-13-3-1-2-11-12-6-10-8-17-5-4-9(10)7-14(12)18-15(11)13/h1-8,18H. The second kappa shape index (κ2) is 3.29. The number of halogens is 1. The van der Waals surface area contributed by atoms with Gasteiger partial charge in [-0.3, -0.25) is 4.98 Å². The Labute approximate surface area is 102 Å². The van der Waals surface area contributed by atoms with Gasteiger partial charge in [0.15, 0.2) is 0 Å². The Morgan fingerprint density at radius 3 is 2.89 bits per heavy atom. The number of para-hydroxylation sites is 1. The molecule has 0 unspecified atom stereocenters. The number of benzene rings is 2. The molecule has 2 nitrogen and oxygen atoms in total. The van der Waals surface area contributed by atoms with Crippen molar-refractivity contribution in [3.05, 3.63) is 54.6 Å². The fourth-order valence-electron chi connectivity index (χ4n) is 2.47. The number of fused-ring (bicyclic) bond motifs is 4. The third-order valence-electron chi connectivity index (χ3n) is 3.34. The van der Waals surface area contributed by atoms with Crippen LogP contribution in [0.15, 0.2) is 48.8 Å². The molecular formula is C15H9FN2. The molecule has 1 N–H and O–H groups in total. The summed E-state index contributed by atoms with van der Waals surface area (Å²) in [5.41, 5.74) is 1.52. The van der Waals surface area contributed by atoms with Crippen LogP contribution in [-0.4, -0.2) is 9.97 Å². The van der Waals surface area contributed by atoms with E-state index in [0.717, 1.165) is 27.1 Å². The van der Waals surface area contributed by atoms with Crippen LogP contribution in [0.5, 0.6) is 0 Å². The molecule has 3 heteroatoms. The highest BCUT2D eigenvalue weighted by molar-refractivity contribution is 6.11. The number of nitrogens with zero attached hydrogens (tertiary/aromatic N) is 1. The van der Waals surface area contributed by atoms with Crippen molar-refractivity contribution >= 4 is 32.6 Å². The largest absolute Gasteiger partial charge is 0.352 e. The molecule has 4 aromatic rings. The lowest BCUT2D eigenvalue weighted by atomic mass is 10.1. The molecule has 0 saturated carbocycles. The summed E-state index contributed by atoms with van der Waals surface area (Å²) in [5, 5.41) is 4.11. The molecular weight excluding hydrogens is 227 g/mol. The molecule has 0 saturated heterocycles. The Hall–Kier alpha value is -2.42. The van der Waals surface area contributed by atoms with E-state index < -0.39 is 0 Å². The second-order valence-corrected chi connectivity index (χ2v) is 4.41. The number of hydrogen-bond acceptors (Lipinski definition) is 1. The van der Waals surface area contributed by atoms with Crippen molar-refractivity contribution in [1.82, 2.24) is 9.97 Å². The molecule has 2 aromatic heterocycles. The van der Waals surface area contributed by atoms with Gasteiger partial charge in [0.1, 0.15) is 5.82 Å². The van der Waals surface area contributed by atoms with E-state index in [1.807, 2.05) is 24.4 Å². The predicted molar refractivity (Wildman–Crippen MR) is 71.1 cm³/mol. The summed E-state index contributed by atoms with van der Waals surface area (Å²) in [7, 11) is 0. The van der Waals surface area contributed by atoms with Gasteiger partial charge in [0, 0.05) is 34.1 Å². The molecule has 0 aliphatic rings. The summed E-state index contributed by atoms with van der Waals surface area (Å²) >= 11 is 0. The van der Waals surface area contributed by atoms with E-state index >= 15 is 0 Å². The maximum Gasteiger partial charge on any atom is 0.147 e. The normalized spacial score (nSPS) is 11.6. The fourth-order valence-corrected chi connectivity index (χ4v) is 2.47. The van der Waals surface area contributed by atoms with E-state index in [1.54, 1.807) is 12.3 Å². The summed E-state index contributed by atoms with van der Waals surface area (Å²) in [6.45, 7) is 0. The summed E-state index contributed by atoms with van der Waals surface area (Å²) in [6, 6.07) is 11.2. The number of nitrogens with one attached hydrogen (secondary N) is 1. The zero-order valence-corrected chi connectivity index (χ0v) is 9.44. The zero-order chi connectivity index (χ0) is 12.1. The monoisotopic (exact) mass is 236 g/mol. The van der Waals surface area contributed by atoms with Crippen molar-refractivity contribution < 1.29 is 4.39 Å². The fraction of sp³-hybridized carbons (Fsp3) is 0. The number of H-pyrrole nitrogens is 1. The van der Waals surface area contributed by atoms with Gasteiger partial charge in [0.2, 0.25) is 0 Å². The molecule has 0 radical (unpaired) electrons. The van der Waals surface area contributed by atoms with Crippen molar-refractivity contribution in [3.8, 4) is 0 Å². The van der Waals surface area contributed by atoms with Crippen LogP contribution in [0.4, 0.5) is 4.39 Å². The molecule has 0 atom stereocenters. The number of aromatic amines is 1. The van der Waals surface area contributed by atoms with Gasteiger partial charge < -0.3 is 4.98 Å². The van der Waals surface area contributed by atoms with Gasteiger partial charge in [-0.05, 0) is 29.7 Å². The van der Waals surface area contributed by atoms with Crippen molar-refractivity contribution in [2.45, 2.75) is 0 Å². The maximum atomic E-state index is 13.7. The molecule has 0 bridgehead atoms. The molecule has 86 valence electrons. The number of aromatic nitrogens is 2. The van der Waals surface area contributed by atoms with Crippen LogP contribution in [-0.2, 0) is 0 Å². The Balaban J connectivity index is 2.27. The van der Waals surface area contributed by atoms with Gasteiger partial charge in [-0.2, -0.15) is 0 Å². The summed E-state index contributed by atoms with van der Waals surface area (Å²) in [5.74, 6) is -0.217. The average Bonchev–Trinajstić information content (AvgIpc) is 2.76. The van der Waals surface area contributed by atoms with Crippen LogP contribution in [0.25, 0.3) is 32.6 Å². The third-order valence-corrected chi connectivity index (χ3v) is 3.34. The highest BCUT2D eigenvalue weighted by atomic mass is 19.1. The van der Waals surface area contributed by atoms with Gasteiger partial charge in [0.05, 0.1) is 5.52 Å². The Bertz CT molecular complexity index is 893. The van der Waals surface area contributed by atoms with E-state index in [4.69, 9.17) is 0 Å². The summed E-state index contributed by atoms with van der Waals surface area (Å²) in [4.78, 5) is 7.26. The van der Waals surface area contributed by atoms with Gasteiger partial charge in [-0.1, -0.05) is 12.1 Å². The lowest BCUT2D eigenvalue weighted by molar-refractivity contribution is 0.637. The van der Waals surface area contributed by atoms with Crippen LogP contribution in [0.2, 0.25) is 0 Å². The van der Waals surface area contributed by atoms with Gasteiger partial charge in [-0.25, -0.2) is 4.39 Å². The van der Waals surface area contributed by atoms with Crippen LogP contribution >= 0.6 is 0 Å². The minimum Gasteiger partial charge on any atom is -0.352 e. The van der Waals surface area contributed by atoms with Crippen molar-refractivity contribution in [2.75, 3.05) is 0 Å². The van der Waals surface area contributed by atoms with Crippen LogP contribution in [0.1, 0.15) is 0 Å². The van der Waals surface area contributed by atoms with E-state index in [9.17, 15) is 4.39 Å². The van der Waals surface area contributed by atoms with Crippen molar-refractivity contribution in [2.24, 2.45) is 0 Å². The summed E-state index contributed by atoms with van der Waals surface area (Å²) < 4.78 is 13.7. The Morgan fingerprint density at radius 2 is 1.94 bits per heavy atom. The highest BCUT2D eigenvalue weighted by Crippen LogP contribution is 2.30. The van der Waals surface area contributed by atoms with Crippen molar-refractivity contribution in [3.63, 3.8) is 0 Å². The van der Waals surface area contributed by atoms with E-state index in [-0.39, 0.29) is 5.82 Å². The summed E-state index contributed by atoms with van der Waals surface area (Å²) in [6.07, 6.45) is 3.59. The quantitative estimate of drug-likeness (QED) is 0.491. The SMILES string of the molecule is Fc1cccc2c1[nH]c1cc3ccncc3cc12. The molecule has 2 aromatic carbocycles. The van der Waals surface area contributed by atoms with E-state index in [1.165, 1.54) is 6.07 Å². The first-order chi connectivity index (χ1) is 8.83. The Morgan fingerprint density at radius 1 is 1.00 bits per heavy atom. The smallest absolute Gasteiger partial charge is 0.147 e. The van der Waals surface area contributed by atoms with E-state index in [2.05, 4.69) is 16.0 Å². The van der Waals surface area contributed by atoms with Crippen LogP contribution < -0.4 is 0 Å². The molecule has 0 aliphatic carbocycles. The molecule has 4 rings (SSSR count). The second-order valence-electron chi connectivity index (χ2n) is 4.41. The van der Waals surface area contributed by atoms with Gasteiger partial charge in [-0.15, -0.1) is 0 Å². The lowest BCUT2D eigenvalue weighted by Crippen LogP contribution is -1.75. The first-order valence-electron chi connectivity index (χ1n) is 5.76. The molecule has 0 amide bonds.